The second-order valence-electron chi connectivity index (χ2n) is 6.63. The van der Waals surface area contributed by atoms with Crippen LogP contribution in [-0.4, -0.2) is 33.4 Å². The number of hydrogen-bond acceptors (Lipinski definition) is 2. The van der Waals surface area contributed by atoms with Gasteiger partial charge in [-0.25, -0.2) is 4.98 Å². The van der Waals surface area contributed by atoms with Crippen LogP contribution in [0.3, 0.4) is 0 Å². The number of aromatic nitrogens is 2. The number of likely N-dealkylation sites (tertiary alicyclic amines) is 1. The first-order chi connectivity index (χ1) is 12.4. The number of aryl methyl sites for hydroxylation is 1. The normalized spacial score (nSPS) is 16.1. The third kappa shape index (κ3) is 3.92. The lowest BCUT2D eigenvalue weighted by Gasteiger charge is -2.33. The molecule has 0 unspecified atom stereocenters. The highest BCUT2D eigenvalue weighted by molar-refractivity contribution is 5.96. The van der Waals surface area contributed by atoms with E-state index in [4.69, 9.17) is 0 Å². The lowest BCUT2D eigenvalue weighted by Crippen LogP contribution is -2.40. The van der Waals surface area contributed by atoms with E-state index in [1.807, 2.05) is 6.20 Å². The van der Waals surface area contributed by atoms with Crippen molar-refractivity contribution in [3.05, 3.63) is 53.6 Å². The monoisotopic (exact) mass is 365 g/mol. The van der Waals surface area contributed by atoms with Gasteiger partial charge in [0.2, 0.25) is 0 Å². The van der Waals surface area contributed by atoms with Crippen LogP contribution in [0.4, 0.5) is 13.2 Å². The summed E-state index contributed by atoms with van der Waals surface area (Å²) >= 11 is 0. The van der Waals surface area contributed by atoms with Crippen LogP contribution in [0.2, 0.25) is 0 Å². The van der Waals surface area contributed by atoms with Gasteiger partial charge >= 0.3 is 6.18 Å². The van der Waals surface area contributed by atoms with Crippen molar-refractivity contribution in [2.75, 3.05) is 13.1 Å². The molecule has 0 saturated carbocycles. The molecule has 1 fully saturated rings. The molecular weight excluding hydrogens is 343 g/mol. The second kappa shape index (κ2) is 7.51. The van der Waals surface area contributed by atoms with E-state index in [0.717, 1.165) is 37.7 Å². The zero-order valence-electron chi connectivity index (χ0n) is 14.7. The van der Waals surface area contributed by atoms with Crippen molar-refractivity contribution in [3.8, 4) is 0 Å². The SMILES string of the molecule is CCc1nccn1CC1CCN(C(=O)c2ccccc2C(F)(F)F)CC1. The van der Waals surface area contributed by atoms with Gasteiger partial charge in [0, 0.05) is 38.4 Å². The zero-order chi connectivity index (χ0) is 18.7. The van der Waals surface area contributed by atoms with Gasteiger partial charge in [-0.15, -0.1) is 0 Å². The topological polar surface area (TPSA) is 38.1 Å². The van der Waals surface area contributed by atoms with E-state index in [1.54, 1.807) is 6.20 Å². The smallest absolute Gasteiger partial charge is 0.339 e. The van der Waals surface area contributed by atoms with Crippen molar-refractivity contribution in [1.82, 2.24) is 14.5 Å². The summed E-state index contributed by atoms with van der Waals surface area (Å²) < 4.78 is 41.6. The number of amides is 1. The Kier molecular flexibility index (Phi) is 5.34. The highest BCUT2D eigenvalue weighted by Gasteiger charge is 2.36. The maximum absolute atomic E-state index is 13.1. The number of imidazole rings is 1. The van der Waals surface area contributed by atoms with Crippen molar-refractivity contribution in [2.24, 2.45) is 5.92 Å². The predicted octanol–water partition coefficient (Wildman–Crippen LogP) is 4.02. The fourth-order valence-corrected chi connectivity index (χ4v) is 3.50. The lowest BCUT2D eigenvalue weighted by atomic mass is 9.95. The summed E-state index contributed by atoms with van der Waals surface area (Å²) in [6.45, 7) is 3.85. The van der Waals surface area contributed by atoms with E-state index in [2.05, 4.69) is 16.5 Å². The van der Waals surface area contributed by atoms with Gasteiger partial charge in [-0.1, -0.05) is 19.1 Å². The molecule has 1 amide bonds. The quantitative estimate of drug-likeness (QED) is 0.821. The summed E-state index contributed by atoms with van der Waals surface area (Å²) in [7, 11) is 0. The van der Waals surface area contributed by atoms with Crippen molar-refractivity contribution in [3.63, 3.8) is 0 Å². The van der Waals surface area contributed by atoms with Gasteiger partial charge in [0.25, 0.3) is 5.91 Å². The van der Waals surface area contributed by atoms with Gasteiger partial charge in [-0.05, 0) is 30.9 Å². The summed E-state index contributed by atoms with van der Waals surface area (Å²) in [5, 5.41) is 0. The number of halogens is 3. The minimum absolute atomic E-state index is 0.263. The number of hydrogen-bond donors (Lipinski definition) is 0. The molecule has 0 atom stereocenters. The standard InChI is InChI=1S/C19H22F3N3O/c1-2-17-23-9-12-25(17)13-14-7-10-24(11-8-14)18(26)15-5-3-4-6-16(15)19(20,21)22/h3-6,9,12,14H,2,7-8,10-11,13H2,1H3. The molecule has 2 heterocycles. The first kappa shape index (κ1) is 18.5. The van der Waals surface area contributed by atoms with E-state index in [1.165, 1.54) is 23.1 Å². The Labute approximate surface area is 150 Å². The van der Waals surface area contributed by atoms with Crippen LogP contribution in [0.15, 0.2) is 36.7 Å². The third-order valence-corrected chi connectivity index (χ3v) is 4.94. The first-order valence-electron chi connectivity index (χ1n) is 8.85. The van der Waals surface area contributed by atoms with Crippen molar-refractivity contribution in [2.45, 2.75) is 38.9 Å². The lowest BCUT2D eigenvalue weighted by molar-refractivity contribution is -0.138. The second-order valence-corrected chi connectivity index (χ2v) is 6.63. The summed E-state index contributed by atoms with van der Waals surface area (Å²) in [5.74, 6) is 0.896. The number of rotatable bonds is 4. The largest absolute Gasteiger partial charge is 0.417 e. The Morgan fingerprint density at radius 2 is 1.92 bits per heavy atom. The van der Waals surface area contributed by atoms with Crippen molar-refractivity contribution >= 4 is 5.91 Å². The number of piperidine rings is 1. The van der Waals surface area contributed by atoms with Gasteiger partial charge in [0.1, 0.15) is 5.82 Å². The Bertz CT molecular complexity index is 761. The number of benzene rings is 1. The van der Waals surface area contributed by atoms with E-state index in [-0.39, 0.29) is 5.56 Å². The average molecular weight is 365 g/mol. The van der Waals surface area contributed by atoms with Gasteiger partial charge in [-0.2, -0.15) is 13.2 Å². The Balaban J connectivity index is 1.64. The minimum atomic E-state index is -4.53. The molecule has 1 aliphatic heterocycles. The summed E-state index contributed by atoms with van der Waals surface area (Å²) in [4.78, 5) is 18.4. The molecule has 4 nitrogen and oxygen atoms in total. The molecule has 140 valence electrons. The first-order valence-corrected chi connectivity index (χ1v) is 8.85. The van der Waals surface area contributed by atoms with E-state index < -0.39 is 17.6 Å². The fourth-order valence-electron chi connectivity index (χ4n) is 3.50. The molecule has 1 aromatic carbocycles. The zero-order valence-corrected chi connectivity index (χ0v) is 14.7. The summed E-state index contributed by atoms with van der Waals surface area (Å²) in [6, 6.07) is 5.00. The van der Waals surface area contributed by atoms with Crippen LogP contribution in [-0.2, 0) is 19.1 Å². The molecule has 0 aliphatic carbocycles. The van der Waals surface area contributed by atoms with Gasteiger partial charge in [0.05, 0.1) is 11.1 Å². The number of carbonyl (C=O) groups excluding carboxylic acids is 1. The van der Waals surface area contributed by atoms with Crippen LogP contribution in [0.25, 0.3) is 0 Å². The molecule has 1 saturated heterocycles. The Morgan fingerprint density at radius 3 is 2.58 bits per heavy atom. The van der Waals surface area contributed by atoms with Gasteiger partial charge in [0.15, 0.2) is 0 Å². The van der Waals surface area contributed by atoms with Crippen LogP contribution in [0.5, 0.6) is 0 Å². The van der Waals surface area contributed by atoms with E-state index in [0.29, 0.717) is 19.0 Å². The van der Waals surface area contributed by atoms with Gasteiger partial charge in [-0.3, -0.25) is 4.79 Å². The molecular formula is C19H22F3N3O. The molecule has 0 N–H and O–H groups in total. The van der Waals surface area contributed by atoms with Crippen LogP contribution >= 0.6 is 0 Å². The molecule has 7 heteroatoms. The highest BCUT2D eigenvalue weighted by Crippen LogP contribution is 2.33. The minimum Gasteiger partial charge on any atom is -0.339 e. The molecule has 0 spiro atoms. The molecule has 1 aromatic heterocycles. The Morgan fingerprint density at radius 1 is 1.23 bits per heavy atom. The molecule has 3 rings (SSSR count). The third-order valence-electron chi connectivity index (χ3n) is 4.94. The summed E-state index contributed by atoms with van der Waals surface area (Å²) in [5.41, 5.74) is -1.13. The van der Waals surface area contributed by atoms with E-state index in [9.17, 15) is 18.0 Å². The molecule has 0 radical (unpaired) electrons. The van der Waals surface area contributed by atoms with Gasteiger partial charge < -0.3 is 9.47 Å². The number of nitrogens with zero attached hydrogens (tertiary/aromatic N) is 3. The van der Waals surface area contributed by atoms with Crippen LogP contribution in [0.1, 0.15) is 41.5 Å². The predicted molar refractivity (Wildman–Crippen MR) is 91.7 cm³/mol. The van der Waals surface area contributed by atoms with Crippen molar-refractivity contribution in [1.29, 1.82) is 0 Å². The van der Waals surface area contributed by atoms with Crippen molar-refractivity contribution < 1.29 is 18.0 Å². The van der Waals surface area contributed by atoms with Crippen LogP contribution < -0.4 is 0 Å². The Hall–Kier alpha value is -2.31. The van der Waals surface area contributed by atoms with E-state index >= 15 is 0 Å². The van der Waals surface area contributed by atoms with Crippen LogP contribution in [0, 0.1) is 5.92 Å². The molecule has 2 aromatic rings. The number of carbonyl (C=O) groups is 1. The highest BCUT2D eigenvalue weighted by atomic mass is 19.4. The molecule has 26 heavy (non-hydrogen) atoms. The fraction of sp³-hybridized carbons (Fsp3) is 0.474. The maximum Gasteiger partial charge on any atom is 0.417 e. The molecule has 1 aliphatic rings. The molecule has 0 bridgehead atoms. The summed E-state index contributed by atoms with van der Waals surface area (Å²) in [6.07, 6.45) is 1.63. The average Bonchev–Trinajstić information content (AvgIpc) is 3.08. The maximum atomic E-state index is 13.1. The number of alkyl halides is 3.